The molecule has 2 aromatic heterocycles. The molecule has 0 spiro atoms. The van der Waals surface area contributed by atoms with Crippen LogP contribution >= 0.6 is 0 Å². The highest BCUT2D eigenvalue weighted by Crippen LogP contribution is 2.30. The molecule has 2 aromatic rings. The summed E-state index contributed by atoms with van der Waals surface area (Å²) in [6, 6.07) is 1.30. The molecule has 0 saturated carbocycles. The zero-order valence-electron chi connectivity index (χ0n) is 8.51. The van der Waals surface area contributed by atoms with Crippen molar-refractivity contribution in [2.75, 3.05) is 12.8 Å². The first-order chi connectivity index (χ1) is 7.72. The molecule has 0 bridgehead atoms. The van der Waals surface area contributed by atoms with E-state index in [9.17, 15) is 4.39 Å². The highest BCUT2D eigenvalue weighted by Gasteiger charge is 2.12. The fourth-order valence-corrected chi connectivity index (χ4v) is 1.34. The number of anilines is 1. The van der Waals surface area contributed by atoms with Crippen molar-refractivity contribution < 1.29 is 9.13 Å². The van der Waals surface area contributed by atoms with Gasteiger partial charge in [0.05, 0.1) is 13.3 Å². The van der Waals surface area contributed by atoms with E-state index in [1.807, 2.05) is 0 Å². The zero-order valence-corrected chi connectivity index (χ0v) is 8.51. The molecular weight excluding hydrogens is 211 g/mol. The summed E-state index contributed by atoms with van der Waals surface area (Å²) >= 11 is 0. The first-order valence-electron chi connectivity index (χ1n) is 4.47. The molecule has 2 N–H and O–H groups in total. The van der Waals surface area contributed by atoms with Crippen LogP contribution in [0.4, 0.5) is 10.2 Å². The first kappa shape index (κ1) is 10.3. The second kappa shape index (κ2) is 4.09. The molecule has 0 amide bonds. The minimum atomic E-state index is -0.447. The monoisotopic (exact) mass is 220 g/mol. The van der Waals surface area contributed by atoms with Crippen molar-refractivity contribution in [3.8, 4) is 17.0 Å². The van der Waals surface area contributed by atoms with E-state index in [4.69, 9.17) is 10.5 Å². The lowest BCUT2D eigenvalue weighted by molar-refractivity contribution is 0.415. The number of ether oxygens (including phenoxy) is 1. The fraction of sp³-hybridized carbons (Fsp3) is 0.100. The van der Waals surface area contributed by atoms with Gasteiger partial charge in [0.15, 0.2) is 11.6 Å². The van der Waals surface area contributed by atoms with Crippen LogP contribution in [0.3, 0.4) is 0 Å². The van der Waals surface area contributed by atoms with Gasteiger partial charge in [-0.15, -0.1) is 0 Å². The molecule has 0 atom stereocenters. The third-order valence-electron chi connectivity index (χ3n) is 2.01. The number of rotatable bonds is 2. The van der Waals surface area contributed by atoms with Gasteiger partial charge in [0.25, 0.3) is 0 Å². The summed E-state index contributed by atoms with van der Waals surface area (Å²) in [5.41, 5.74) is 6.53. The average molecular weight is 220 g/mol. The molecule has 2 rings (SSSR count). The molecule has 16 heavy (non-hydrogen) atoms. The summed E-state index contributed by atoms with van der Waals surface area (Å²) in [7, 11) is 1.45. The van der Waals surface area contributed by atoms with Crippen molar-refractivity contribution in [3.05, 3.63) is 30.6 Å². The van der Waals surface area contributed by atoms with E-state index in [2.05, 4.69) is 15.0 Å². The van der Waals surface area contributed by atoms with Crippen LogP contribution in [0.2, 0.25) is 0 Å². The van der Waals surface area contributed by atoms with Gasteiger partial charge in [0.2, 0.25) is 0 Å². The van der Waals surface area contributed by atoms with Gasteiger partial charge in [0, 0.05) is 11.8 Å². The Morgan fingerprint density at radius 2 is 2.12 bits per heavy atom. The van der Waals surface area contributed by atoms with Gasteiger partial charge in [-0.3, -0.25) is 4.98 Å². The maximum Gasteiger partial charge on any atom is 0.187 e. The lowest BCUT2D eigenvalue weighted by Crippen LogP contribution is -2.00. The maximum absolute atomic E-state index is 13.0. The molecule has 6 heteroatoms. The third kappa shape index (κ3) is 1.77. The molecule has 0 aliphatic carbocycles. The van der Waals surface area contributed by atoms with Gasteiger partial charge in [-0.1, -0.05) is 0 Å². The van der Waals surface area contributed by atoms with E-state index in [-0.39, 0.29) is 5.82 Å². The summed E-state index contributed by atoms with van der Waals surface area (Å²) in [6.45, 7) is 0. The summed E-state index contributed by atoms with van der Waals surface area (Å²) < 4.78 is 18.1. The number of nitrogen functional groups attached to an aromatic ring is 1. The predicted octanol–water partition coefficient (Wildman–Crippen LogP) is 1.27. The van der Waals surface area contributed by atoms with Crippen molar-refractivity contribution in [1.29, 1.82) is 0 Å². The predicted molar refractivity (Wildman–Crippen MR) is 56.2 cm³/mol. The number of hydrogen-bond donors (Lipinski definition) is 1. The Morgan fingerprint density at radius 1 is 1.31 bits per heavy atom. The summed E-state index contributed by atoms with van der Waals surface area (Å²) in [4.78, 5) is 11.5. The van der Waals surface area contributed by atoms with Crippen LogP contribution in [0.1, 0.15) is 0 Å². The standard InChI is InChI=1S/C10H9FN4O/c1-16-9-8(14-5-15-10(9)12)6-2-7(11)4-13-3-6/h2-5H,1H3,(H2,12,14,15). The van der Waals surface area contributed by atoms with E-state index in [0.29, 0.717) is 17.0 Å². The van der Waals surface area contributed by atoms with Gasteiger partial charge in [-0.25, -0.2) is 14.4 Å². The van der Waals surface area contributed by atoms with Crippen molar-refractivity contribution in [2.45, 2.75) is 0 Å². The van der Waals surface area contributed by atoms with Crippen molar-refractivity contribution in [1.82, 2.24) is 15.0 Å². The molecule has 0 aromatic carbocycles. The number of pyridine rings is 1. The van der Waals surface area contributed by atoms with Crippen LogP contribution in [-0.4, -0.2) is 22.1 Å². The molecule has 0 fully saturated rings. The van der Waals surface area contributed by atoms with E-state index in [1.165, 1.54) is 25.7 Å². The van der Waals surface area contributed by atoms with Crippen LogP contribution < -0.4 is 10.5 Å². The Bertz CT molecular complexity index is 518. The van der Waals surface area contributed by atoms with Gasteiger partial charge in [0.1, 0.15) is 17.8 Å². The first-order valence-corrected chi connectivity index (χ1v) is 4.47. The second-order valence-electron chi connectivity index (χ2n) is 3.03. The smallest absolute Gasteiger partial charge is 0.187 e. The molecular formula is C10H9FN4O. The van der Waals surface area contributed by atoms with E-state index in [1.54, 1.807) is 0 Å². The molecule has 0 unspecified atom stereocenters. The molecule has 0 saturated heterocycles. The number of hydrogen-bond acceptors (Lipinski definition) is 5. The van der Waals surface area contributed by atoms with Gasteiger partial charge in [-0.2, -0.15) is 0 Å². The van der Waals surface area contributed by atoms with E-state index >= 15 is 0 Å². The Morgan fingerprint density at radius 3 is 2.81 bits per heavy atom. The maximum atomic E-state index is 13.0. The molecule has 2 heterocycles. The summed E-state index contributed by atoms with van der Waals surface area (Å²) in [5, 5.41) is 0. The van der Waals surface area contributed by atoms with Crippen molar-refractivity contribution >= 4 is 5.82 Å². The summed E-state index contributed by atoms with van der Waals surface area (Å²) in [6.07, 6.45) is 3.88. The SMILES string of the molecule is COc1c(N)ncnc1-c1cncc(F)c1. The second-order valence-corrected chi connectivity index (χ2v) is 3.03. The number of methoxy groups -OCH3 is 1. The highest BCUT2D eigenvalue weighted by molar-refractivity contribution is 5.70. The third-order valence-corrected chi connectivity index (χ3v) is 2.01. The highest BCUT2D eigenvalue weighted by atomic mass is 19.1. The Kier molecular flexibility index (Phi) is 2.63. The lowest BCUT2D eigenvalue weighted by atomic mass is 10.2. The van der Waals surface area contributed by atoms with Crippen LogP contribution in [0, 0.1) is 5.82 Å². The molecule has 0 aliphatic heterocycles. The quantitative estimate of drug-likeness (QED) is 0.824. The largest absolute Gasteiger partial charge is 0.491 e. The van der Waals surface area contributed by atoms with Gasteiger partial charge < -0.3 is 10.5 Å². The number of halogens is 1. The zero-order chi connectivity index (χ0) is 11.5. The topological polar surface area (TPSA) is 73.9 Å². The van der Waals surface area contributed by atoms with Gasteiger partial charge in [-0.05, 0) is 6.07 Å². The summed E-state index contributed by atoms with van der Waals surface area (Å²) in [5.74, 6) is 0.0726. The van der Waals surface area contributed by atoms with Crippen LogP contribution in [-0.2, 0) is 0 Å². The Hall–Kier alpha value is -2.24. The van der Waals surface area contributed by atoms with Crippen molar-refractivity contribution in [2.24, 2.45) is 0 Å². The average Bonchev–Trinajstić information content (AvgIpc) is 2.28. The minimum absolute atomic E-state index is 0.205. The molecule has 82 valence electrons. The van der Waals surface area contributed by atoms with Crippen molar-refractivity contribution in [3.63, 3.8) is 0 Å². The van der Waals surface area contributed by atoms with Gasteiger partial charge >= 0.3 is 0 Å². The van der Waals surface area contributed by atoms with Crippen LogP contribution in [0.5, 0.6) is 5.75 Å². The number of aromatic nitrogens is 3. The number of nitrogens with zero attached hydrogens (tertiary/aromatic N) is 3. The Labute approximate surface area is 91.1 Å². The number of nitrogens with two attached hydrogens (primary N) is 1. The molecule has 0 radical (unpaired) electrons. The Balaban J connectivity index is 2.60. The molecule has 5 nitrogen and oxygen atoms in total. The fourth-order valence-electron chi connectivity index (χ4n) is 1.34. The van der Waals surface area contributed by atoms with Crippen LogP contribution in [0.15, 0.2) is 24.8 Å². The molecule has 0 aliphatic rings. The van der Waals surface area contributed by atoms with E-state index < -0.39 is 5.82 Å². The minimum Gasteiger partial charge on any atom is -0.491 e. The lowest BCUT2D eigenvalue weighted by Gasteiger charge is -2.08. The van der Waals surface area contributed by atoms with Crippen LogP contribution in [0.25, 0.3) is 11.3 Å². The van der Waals surface area contributed by atoms with E-state index in [0.717, 1.165) is 6.20 Å². The normalized spacial score (nSPS) is 10.1.